The van der Waals surface area contributed by atoms with Crippen molar-refractivity contribution in [1.29, 1.82) is 0 Å². The van der Waals surface area contributed by atoms with Gasteiger partial charge in [-0.25, -0.2) is 4.39 Å². The Morgan fingerprint density at radius 2 is 2.11 bits per heavy atom. The molecule has 0 bridgehead atoms. The lowest BCUT2D eigenvalue weighted by molar-refractivity contribution is -0.120. The number of hydrogen-bond donors (Lipinski definition) is 2. The Hall–Kier alpha value is -1.91. The number of guanidine groups is 1. The molecule has 0 aliphatic carbocycles. The summed E-state index contributed by atoms with van der Waals surface area (Å²) in [5.41, 5.74) is 0.338. The van der Waals surface area contributed by atoms with E-state index >= 15 is 0 Å². The fraction of sp³-hybridized carbons (Fsp3) is 0.385. The largest absolute Gasteiger partial charge is 0.340 e. The minimum absolute atomic E-state index is 0.275. The minimum atomic E-state index is -0.697. The fourth-order valence-electron chi connectivity index (χ4n) is 1.71. The van der Waals surface area contributed by atoms with Crippen molar-refractivity contribution in [2.45, 2.75) is 19.9 Å². The van der Waals surface area contributed by atoms with Crippen molar-refractivity contribution >= 4 is 11.9 Å². The molecule has 2 rings (SSSR count). The molecule has 0 saturated carbocycles. The van der Waals surface area contributed by atoms with Crippen molar-refractivity contribution in [1.82, 2.24) is 10.6 Å². The van der Waals surface area contributed by atoms with Crippen molar-refractivity contribution < 1.29 is 9.18 Å². The number of nitrogens with one attached hydrogen (secondary N) is 2. The molecule has 1 amide bonds. The van der Waals surface area contributed by atoms with Gasteiger partial charge in [0.2, 0.25) is 0 Å². The highest BCUT2D eigenvalue weighted by atomic mass is 19.1. The first-order valence-electron chi connectivity index (χ1n) is 5.94. The van der Waals surface area contributed by atoms with Gasteiger partial charge in [-0.1, -0.05) is 32.0 Å². The monoisotopic (exact) mass is 249 g/mol. The summed E-state index contributed by atoms with van der Waals surface area (Å²) in [6.45, 7) is 4.69. The van der Waals surface area contributed by atoms with E-state index in [0.29, 0.717) is 24.0 Å². The minimum Gasteiger partial charge on any atom is -0.340 e. The lowest BCUT2D eigenvalue weighted by Gasteiger charge is -2.08. The van der Waals surface area contributed by atoms with E-state index in [-0.39, 0.29) is 5.91 Å². The van der Waals surface area contributed by atoms with Crippen LogP contribution in [-0.2, 0) is 4.79 Å². The van der Waals surface area contributed by atoms with Crippen molar-refractivity contribution in [3.8, 4) is 0 Å². The molecule has 1 atom stereocenters. The third kappa shape index (κ3) is 2.67. The Labute approximate surface area is 105 Å². The van der Waals surface area contributed by atoms with Crippen LogP contribution < -0.4 is 10.6 Å². The van der Waals surface area contributed by atoms with Gasteiger partial charge in [0.05, 0.1) is 0 Å². The van der Waals surface area contributed by atoms with Crippen LogP contribution in [0.2, 0.25) is 0 Å². The molecule has 96 valence electrons. The van der Waals surface area contributed by atoms with Crippen LogP contribution in [0.4, 0.5) is 4.39 Å². The molecule has 2 N–H and O–H groups in total. The Kier molecular flexibility index (Phi) is 3.60. The van der Waals surface area contributed by atoms with Gasteiger partial charge in [0.1, 0.15) is 11.9 Å². The van der Waals surface area contributed by atoms with Gasteiger partial charge in [0.25, 0.3) is 5.91 Å². The molecule has 0 aromatic heterocycles. The Bertz CT molecular complexity index is 485. The third-order valence-electron chi connectivity index (χ3n) is 2.62. The number of hydrogen-bond acceptors (Lipinski definition) is 2. The second kappa shape index (κ2) is 5.16. The average Bonchev–Trinajstić information content (AvgIpc) is 2.69. The molecular formula is C13H16FN3O. The topological polar surface area (TPSA) is 53.5 Å². The maximum Gasteiger partial charge on any atom is 0.254 e. The van der Waals surface area contributed by atoms with Gasteiger partial charge < -0.3 is 5.32 Å². The number of amides is 1. The molecule has 1 aliphatic rings. The van der Waals surface area contributed by atoms with Crippen LogP contribution in [0.1, 0.15) is 25.5 Å². The van der Waals surface area contributed by atoms with E-state index in [1.54, 1.807) is 18.2 Å². The normalized spacial score (nSPS) is 21.2. The molecule has 0 radical (unpaired) electrons. The van der Waals surface area contributed by atoms with Crippen LogP contribution >= 0.6 is 0 Å². The van der Waals surface area contributed by atoms with Crippen LogP contribution in [0.15, 0.2) is 29.3 Å². The summed E-state index contributed by atoms with van der Waals surface area (Å²) < 4.78 is 13.6. The van der Waals surface area contributed by atoms with Crippen molar-refractivity contribution in [2.24, 2.45) is 10.9 Å². The van der Waals surface area contributed by atoms with Gasteiger partial charge in [-0.2, -0.15) is 0 Å². The number of benzene rings is 1. The van der Waals surface area contributed by atoms with Crippen molar-refractivity contribution in [2.75, 3.05) is 6.54 Å². The highest BCUT2D eigenvalue weighted by Gasteiger charge is 2.31. The predicted molar refractivity (Wildman–Crippen MR) is 67.6 cm³/mol. The molecule has 18 heavy (non-hydrogen) atoms. The lowest BCUT2D eigenvalue weighted by atomic mass is 10.1. The van der Waals surface area contributed by atoms with Gasteiger partial charge in [-0.15, -0.1) is 0 Å². The molecule has 0 spiro atoms. The molecule has 1 aromatic carbocycles. The van der Waals surface area contributed by atoms with E-state index in [2.05, 4.69) is 15.6 Å². The van der Waals surface area contributed by atoms with E-state index in [0.717, 1.165) is 0 Å². The molecule has 1 aliphatic heterocycles. The maximum atomic E-state index is 13.6. The Morgan fingerprint density at radius 1 is 1.39 bits per heavy atom. The summed E-state index contributed by atoms with van der Waals surface area (Å²) in [4.78, 5) is 16.0. The van der Waals surface area contributed by atoms with E-state index in [1.165, 1.54) is 6.07 Å². The standard InChI is InChI=1S/C13H16FN3O/c1-8(2)7-15-13-16-11(12(18)17-13)9-5-3-4-6-10(9)14/h3-6,8,11H,7H2,1-2H3,(H2,15,16,17,18). The Balaban J connectivity index is 2.15. The third-order valence-corrected chi connectivity index (χ3v) is 2.62. The highest BCUT2D eigenvalue weighted by Crippen LogP contribution is 2.19. The molecule has 1 fully saturated rings. The summed E-state index contributed by atoms with van der Waals surface area (Å²) in [6, 6.07) is 5.54. The van der Waals surface area contributed by atoms with E-state index in [4.69, 9.17) is 0 Å². The molecular weight excluding hydrogens is 233 g/mol. The van der Waals surface area contributed by atoms with Crippen LogP contribution in [0.25, 0.3) is 0 Å². The van der Waals surface area contributed by atoms with E-state index in [1.807, 2.05) is 13.8 Å². The summed E-state index contributed by atoms with van der Waals surface area (Å²) in [5.74, 6) is 0.156. The first-order valence-corrected chi connectivity index (χ1v) is 5.94. The van der Waals surface area contributed by atoms with Gasteiger partial charge in [-0.05, 0) is 12.0 Å². The van der Waals surface area contributed by atoms with Crippen molar-refractivity contribution in [3.63, 3.8) is 0 Å². The van der Waals surface area contributed by atoms with Gasteiger partial charge >= 0.3 is 0 Å². The average molecular weight is 249 g/mol. The predicted octanol–water partition coefficient (Wildman–Crippen LogP) is 1.60. The van der Waals surface area contributed by atoms with Crippen molar-refractivity contribution in [3.05, 3.63) is 35.6 Å². The van der Waals surface area contributed by atoms with E-state index in [9.17, 15) is 9.18 Å². The summed E-state index contributed by atoms with van der Waals surface area (Å²) >= 11 is 0. The zero-order valence-corrected chi connectivity index (χ0v) is 10.4. The quantitative estimate of drug-likeness (QED) is 0.855. The van der Waals surface area contributed by atoms with Gasteiger partial charge in [0, 0.05) is 12.1 Å². The fourth-order valence-corrected chi connectivity index (χ4v) is 1.71. The number of nitrogens with zero attached hydrogens (tertiary/aromatic N) is 1. The number of carbonyl (C=O) groups excluding carboxylic acids is 1. The van der Waals surface area contributed by atoms with Crippen LogP contribution in [0.5, 0.6) is 0 Å². The lowest BCUT2D eigenvalue weighted by Crippen LogP contribution is -2.26. The summed E-state index contributed by atoms with van der Waals surface area (Å²) in [6.07, 6.45) is 0. The van der Waals surface area contributed by atoms with Gasteiger partial charge in [0.15, 0.2) is 5.96 Å². The maximum absolute atomic E-state index is 13.6. The zero-order valence-electron chi connectivity index (χ0n) is 10.4. The van der Waals surface area contributed by atoms with Crippen LogP contribution in [0, 0.1) is 11.7 Å². The first kappa shape index (κ1) is 12.5. The molecule has 1 heterocycles. The first-order chi connectivity index (χ1) is 8.58. The smallest absolute Gasteiger partial charge is 0.254 e. The molecule has 5 heteroatoms. The van der Waals surface area contributed by atoms with Gasteiger partial charge in [-0.3, -0.25) is 15.1 Å². The summed E-state index contributed by atoms with van der Waals surface area (Å²) in [7, 11) is 0. The van der Waals surface area contributed by atoms with E-state index < -0.39 is 11.9 Å². The number of halogens is 1. The second-order valence-corrected chi connectivity index (χ2v) is 4.67. The number of rotatable bonds is 3. The highest BCUT2D eigenvalue weighted by molar-refractivity contribution is 6.06. The molecule has 1 aromatic rings. The SMILES string of the molecule is CC(C)CN=C1NC(=O)C(c2ccccc2F)N1. The molecule has 4 nitrogen and oxygen atoms in total. The second-order valence-electron chi connectivity index (χ2n) is 4.67. The Morgan fingerprint density at radius 3 is 2.78 bits per heavy atom. The summed E-state index contributed by atoms with van der Waals surface area (Å²) in [5, 5.41) is 5.52. The van der Waals surface area contributed by atoms with Crippen LogP contribution in [-0.4, -0.2) is 18.4 Å². The number of carbonyl (C=O) groups is 1. The molecule has 1 saturated heterocycles. The molecule has 1 unspecified atom stereocenters. The number of aliphatic imine (C=N–C) groups is 1. The zero-order chi connectivity index (χ0) is 13.1. The van der Waals surface area contributed by atoms with Crippen LogP contribution in [0.3, 0.4) is 0 Å².